The molecule has 2 heterocycles. The van der Waals surface area contributed by atoms with Crippen LogP contribution >= 0.6 is 0 Å². The van der Waals surface area contributed by atoms with E-state index in [1.165, 1.54) is 12.5 Å². The maximum absolute atomic E-state index is 13.1. The van der Waals surface area contributed by atoms with Crippen molar-refractivity contribution in [3.63, 3.8) is 0 Å². The van der Waals surface area contributed by atoms with Crippen LogP contribution in [-0.2, 0) is 35.2 Å². The van der Waals surface area contributed by atoms with Gasteiger partial charge in [-0.3, -0.25) is 24.0 Å². The van der Waals surface area contributed by atoms with Gasteiger partial charge in [0.15, 0.2) is 0 Å². The summed E-state index contributed by atoms with van der Waals surface area (Å²) in [4.78, 5) is 79.6. The lowest BCUT2D eigenvalue weighted by atomic mass is 10.1. The smallest absolute Gasteiger partial charge is 0.326 e. The van der Waals surface area contributed by atoms with Gasteiger partial charge in [-0.05, 0) is 12.8 Å². The Balaban J connectivity index is 2.10. The number of likely N-dealkylation sites (tertiary alicyclic amines) is 1. The number of H-pyrrole nitrogens is 1. The summed E-state index contributed by atoms with van der Waals surface area (Å²) in [6.07, 6.45) is 2.12. The summed E-state index contributed by atoms with van der Waals surface area (Å²) in [5, 5.41) is 22.5. The van der Waals surface area contributed by atoms with Crippen molar-refractivity contribution in [1.29, 1.82) is 0 Å². The highest BCUT2D eigenvalue weighted by Crippen LogP contribution is 2.20. The van der Waals surface area contributed by atoms with Gasteiger partial charge in [0, 0.05) is 24.9 Å². The van der Waals surface area contributed by atoms with Gasteiger partial charge >= 0.3 is 11.9 Å². The molecule has 15 heteroatoms. The van der Waals surface area contributed by atoms with Gasteiger partial charge in [-0.15, -0.1) is 0 Å². The van der Waals surface area contributed by atoms with Crippen LogP contribution in [0.1, 0.15) is 31.4 Å². The predicted molar refractivity (Wildman–Crippen MR) is 113 cm³/mol. The number of imidazole rings is 1. The molecule has 1 aromatic heterocycles. The van der Waals surface area contributed by atoms with Gasteiger partial charge < -0.3 is 42.2 Å². The van der Waals surface area contributed by atoms with Crippen molar-refractivity contribution >= 4 is 35.6 Å². The number of nitrogens with one attached hydrogen (secondary N) is 3. The second-order valence-corrected chi connectivity index (χ2v) is 7.81. The Bertz CT molecular complexity index is 935. The number of aromatic nitrogens is 2. The molecule has 0 bridgehead atoms. The quantitative estimate of drug-likeness (QED) is 0.156. The SMILES string of the molecule is NC(=O)CC(NC(=O)C(N)Cc1cnc[nH]1)C(=O)N1CCCC1C(=O)NC(CC(=O)O)C(=O)O. The highest BCUT2D eigenvalue weighted by molar-refractivity contribution is 5.96. The number of carboxylic acids is 2. The largest absolute Gasteiger partial charge is 0.481 e. The number of carbonyl (C=O) groups excluding carboxylic acids is 4. The molecule has 0 spiro atoms. The Labute approximate surface area is 193 Å². The molecular weight excluding hydrogens is 454 g/mol. The van der Waals surface area contributed by atoms with Gasteiger partial charge in [-0.25, -0.2) is 9.78 Å². The molecule has 1 aromatic rings. The lowest BCUT2D eigenvalue weighted by molar-refractivity contribution is -0.148. The molecule has 186 valence electrons. The fourth-order valence-electron chi connectivity index (χ4n) is 3.55. The fourth-order valence-corrected chi connectivity index (χ4v) is 3.55. The number of hydrogen-bond acceptors (Lipinski definition) is 8. The second kappa shape index (κ2) is 11.7. The van der Waals surface area contributed by atoms with Crippen LogP contribution < -0.4 is 22.1 Å². The van der Waals surface area contributed by atoms with Crippen molar-refractivity contribution < 1.29 is 39.0 Å². The van der Waals surface area contributed by atoms with Crippen LogP contribution in [-0.4, -0.2) is 91.4 Å². The van der Waals surface area contributed by atoms with Crippen LogP contribution in [0, 0.1) is 0 Å². The van der Waals surface area contributed by atoms with Gasteiger partial charge in [0.1, 0.15) is 18.1 Å². The first-order valence-electron chi connectivity index (χ1n) is 10.4. The monoisotopic (exact) mass is 481 g/mol. The third-order valence-electron chi connectivity index (χ3n) is 5.18. The van der Waals surface area contributed by atoms with Crippen LogP contribution in [0.4, 0.5) is 0 Å². The summed E-state index contributed by atoms with van der Waals surface area (Å²) in [5.41, 5.74) is 11.7. The molecule has 4 unspecified atom stereocenters. The number of aromatic amines is 1. The average molecular weight is 481 g/mol. The van der Waals surface area contributed by atoms with Crippen LogP contribution in [0.2, 0.25) is 0 Å². The Morgan fingerprint density at radius 3 is 2.41 bits per heavy atom. The van der Waals surface area contributed by atoms with E-state index in [1.807, 2.05) is 0 Å². The second-order valence-electron chi connectivity index (χ2n) is 7.81. The van der Waals surface area contributed by atoms with Crippen LogP contribution in [0.3, 0.4) is 0 Å². The summed E-state index contributed by atoms with van der Waals surface area (Å²) in [7, 11) is 0. The zero-order valence-electron chi connectivity index (χ0n) is 18.1. The minimum atomic E-state index is -1.69. The van der Waals surface area contributed by atoms with Crippen LogP contribution in [0.15, 0.2) is 12.5 Å². The van der Waals surface area contributed by atoms with E-state index in [0.717, 1.165) is 4.90 Å². The lowest BCUT2D eigenvalue weighted by Gasteiger charge is -2.29. The number of carboxylic acid groups (broad SMARTS) is 2. The van der Waals surface area contributed by atoms with E-state index < -0.39 is 72.6 Å². The molecule has 34 heavy (non-hydrogen) atoms. The third kappa shape index (κ3) is 7.26. The molecule has 1 aliphatic heterocycles. The Morgan fingerprint density at radius 2 is 1.85 bits per heavy atom. The van der Waals surface area contributed by atoms with Gasteiger partial charge in [0.05, 0.1) is 25.2 Å². The van der Waals surface area contributed by atoms with E-state index in [4.69, 9.17) is 21.7 Å². The molecule has 0 saturated carbocycles. The van der Waals surface area contributed by atoms with E-state index >= 15 is 0 Å². The summed E-state index contributed by atoms with van der Waals surface area (Å²) in [6.45, 7) is 0.0962. The number of carbonyl (C=O) groups is 6. The molecule has 4 atom stereocenters. The first kappa shape index (κ1) is 26.2. The molecule has 9 N–H and O–H groups in total. The van der Waals surface area contributed by atoms with E-state index in [-0.39, 0.29) is 19.4 Å². The number of primary amides is 1. The Kier molecular flexibility index (Phi) is 9.06. The number of rotatable bonds is 12. The predicted octanol–water partition coefficient (Wildman–Crippen LogP) is -3.33. The van der Waals surface area contributed by atoms with Crippen molar-refractivity contribution in [2.24, 2.45) is 11.5 Å². The third-order valence-corrected chi connectivity index (χ3v) is 5.18. The molecule has 1 aliphatic rings. The Morgan fingerprint density at radius 1 is 1.15 bits per heavy atom. The zero-order chi connectivity index (χ0) is 25.4. The van der Waals surface area contributed by atoms with Crippen molar-refractivity contribution in [2.45, 2.75) is 56.3 Å². The fraction of sp³-hybridized carbons (Fsp3) is 0.526. The maximum Gasteiger partial charge on any atom is 0.326 e. The molecule has 0 radical (unpaired) electrons. The van der Waals surface area contributed by atoms with Crippen molar-refractivity contribution in [3.05, 3.63) is 18.2 Å². The first-order valence-corrected chi connectivity index (χ1v) is 10.4. The van der Waals surface area contributed by atoms with Crippen LogP contribution in [0.25, 0.3) is 0 Å². The molecule has 1 saturated heterocycles. The lowest BCUT2D eigenvalue weighted by Crippen LogP contribution is -2.57. The summed E-state index contributed by atoms with van der Waals surface area (Å²) < 4.78 is 0. The molecule has 0 aliphatic carbocycles. The molecule has 15 nitrogen and oxygen atoms in total. The summed E-state index contributed by atoms with van der Waals surface area (Å²) >= 11 is 0. The zero-order valence-corrected chi connectivity index (χ0v) is 18.1. The number of nitrogens with two attached hydrogens (primary N) is 2. The number of nitrogens with zero attached hydrogens (tertiary/aromatic N) is 2. The van der Waals surface area contributed by atoms with Crippen molar-refractivity contribution in [3.8, 4) is 0 Å². The summed E-state index contributed by atoms with van der Waals surface area (Å²) in [6, 6.07) is -5.28. The Hall–Kier alpha value is -4.01. The molecule has 2 rings (SSSR count). The molecule has 4 amide bonds. The normalized spacial score (nSPS) is 17.9. The number of hydrogen-bond donors (Lipinski definition) is 7. The standard InChI is InChI=1S/C19H27N7O8/c20-10(4-9-7-22-8-23-9)16(30)24-11(5-14(21)27)18(32)26-3-1-2-13(26)17(31)25-12(19(33)34)6-15(28)29/h7-8,10-13H,1-6,20H2,(H2,21,27)(H,22,23)(H,24,30)(H,25,31)(H,28,29)(H,33,34). The average Bonchev–Trinajstić information content (AvgIpc) is 3.43. The maximum atomic E-state index is 13.1. The van der Waals surface area contributed by atoms with Gasteiger partial charge in [0.2, 0.25) is 23.6 Å². The topological polar surface area (TPSA) is 251 Å². The number of aliphatic carboxylic acids is 2. The van der Waals surface area contributed by atoms with Gasteiger partial charge in [0.25, 0.3) is 0 Å². The first-order chi connectivity index (χ1) is 16.0. The highest BCUT2D eigenvalue weighted by Gasteiger charge is 2.39. The van der Waals surface area contributed by atoms with E-state index in [2.05, 4.69) is 20.6 Å². The van der Waals surface area contributed by atoms with Crippen molar-refractivity contribution in [2.75, 3.05) is 6.54 Å². The molecular formula is C19H27N7O8. The minimum absolute atomic E-state index is 0.0816. The number of amides is 4. The molecule has 1 fully saturated rings. The summed E-state index contributed by atoms with van der Waals surface area (Å²) in [5.74, 6) is -6.22. The van der Waals surface area contributed by atoms with E-state index in [1.54, 1.807) is 0 Å². The highest BCUT2D eigenvalue weighted by atomic mass is 16.4. The van der Waals surface area contributed by atoms with Gasteiger partial charge in [-0.1, -0.05) is 0 Å². The van der Waals surface area contributed by atoms with E-state index in [9.17, 15) is 28.8 Å². The molecule has 0 aromatic carbocycles. The van der Waals surface area contributed by atoms with E-state index in [0.29, 0.717) is 12.1 Å². The van der Waals surface area contributed by atoms with Gasteiger partial charge in [-0.2, -0.15) is 0 Å². The van der Waals surface area contributed by atoms with Crippen molar-refractivity contribution in [1.82, 2.24) is 25.5 Å². The van der Waals surface area contributed by atoms with Crippen LogP contribution in [0.5, 0.6) is 0 Å². The minimum Gasteiger partial charge on any atom is -0.481 e.